The quantitative estimate of drug-likeness (QED) is 0.628. The Bertz CT molecular complexity index is 330. The van der Waals surface area contributed by atoms with Gasteiger partial charge in [0.25, 0.3) is 0 Å². The minimum absolute atomic E-state index is 0.811. The molecule has 0 aliphatic carbocycles. The lowest BCUT2D eigenvalue weighted by Gasteiger charge is -2.06. The van der Waals surface area contributed by atoms with Gasteiger partial charge in [-0.2, -0.15) is 13.2 Å². The Morgan fingerprint density at radius 1 is 1.00 bits per heavy atom. The van der Waals surface area contributed by atoms with Crippen LogP contribution in [0.2, 0.25) is 0 Å². The molecule has 0 aromatic carbocycles. The zero-order valence-electron chi connectivity index (χ0n) is 10.8. The molecule has 0 atom stereocenters. The van der Waals surface area contributed by atoms with Gasteiger partial charge in [-0.3, -0.25) is 4.98 Å². The maximum absolute atomic E-state index is 12.3. The summed E-state index contributed by atoms with van der Waals surface area (Å²) in [5, 5.41) is 0. The van der Waals surface area contributed by atoms with Crippen LogP contribution in [0.15, 0.2) is 18.3 Å². The molecular formula is C14H20F3N. The van der Waals surface area contributed by atoms with Crippen molar-refractivity contribution in [2.75, 3.05) is 0 Å². The zero-order chi connectivity index (χ0) is 13.4. The van der Waals surface area contributed by atoms with Crippen molar-refractivity contribution in [3.8, 4) is 0 Å². The number of rotatable bonds is 7. The van der Waals surface area contributed by atoms with Crippen molar-refractivity contribution in [2.24, 2.45) is 0 Å². The first-order valence-corrected chi connectivity index (χ1v) is 6.56. The van der Waals surface area contributed by atoms with Crippen molar-refractivity contribution in [3.05, 3.63) is 29.6 Å². The third kappa shape index (κ3) is 5.52. The fourth-order valence-electron chi connectivity index (χ4n) is 1.85. The predicted octanol–water partition coefficient (Wildman–Crippen LogP) is 5.00. The molecule has 0 N–H and O–H groups in total. The maximum Gasteiger partial charge on any atom is 0.433 e. The summed E-state index contributed by atoms with van der Waals surface area (Å²) in [4.78, 5) is 3.45. The fourth-order valence-corrected chi connectivity index (χ4v) is 1.85. The Kier molecular flexibility index (Phi) is 6.16. The first kappa shape index (κ1) is 15.0. The van der Waals surface area contributed by atoms with Gasteiger partial charge in [-0.15, -0.1) is 0 Å². The molecule has 4 heteroatoms. The Morgan fingerprint density at radius 2 is 1.67 bits per heavy atom. The third-order valence-electron chi connectivity index (χ3n) is 2.93. The van der Waals surface area contributed by atoms with E-state index in [4.69, 9.17) is 0 Å². The molecule has 0 saturated carbocycles. The Hall–Kier alpha value is -1.06. The topological polar surface area (TPSA) is 12.9 Å². The summed E-state index contributed by atoms with van der Waals surface area (Å²) in [7, 11) is 0. The first-order chi connectivity index (χ1) is 8.54. The SMILES string of the molecule is CCCCCCCCc1ccc(C(F)(F)F)nc1. The molecule has 1 aromatic rings. The standard InChI is InChI=1S/C14H20F3N/c1-2-3-4-5-6-7-8-12-9-10-13(18-11-12)14(15,16)17/h9-11H,2-8H2,1H3. The number of unbranched alkanes of at least 4 members (excludes halogenated alkanes) is 5. The number of hydrogen-bond acceptors (Lipinski definition) is 1. The lowest BCUT2D eigenvalue weighted by Crippen LogP contribution is -2.07. The van der Waals surface area contributed by atoms with Gasteiger partial charge in [-0.05, 0) is 24.5 Å². The molecule has 0 aliphatic rings. The van der Waals surface area contributed by atoms with E-state index in [0.29, 0.717) is 0 Å². The molecule has 0 spiro atoms. The van der Waals surface area contributed by atoms with E-state index in [2.05, 4.69) is 11.9 Å². The minimum atomic E-state index is -4.33. The molecule has 0 saturated heterocycles. The summed E-state index contributed by atoms with van der Waals surface area (Å²) in [5.41, 5.74) is 0.0766. The highest BCUT2D eigenvalue weighted by Crippen LogP contribution is 2.27. The van der Waals surface area contributed by atoms with E-state index < -0.39 is 11.9 Å². The number of nitrogens with zero attached hydrogens (tertiary/aromatic N) is 1. The summed E-state index contributed by atoms with van der Waals surface area (Å²) in [5.74, 6) is 0. The Morgan fingerprint density at radius 3 is 2.22 bits per heavy atom. The molecule has 0 bridgehead atoms. The summed E-state index contributed by atoms with van der Waals surface area (Å²) >= 11 is 0. The van der Waals surface area contributed by atoms with Crippen LogP contribution in [0.5, 0.6) is 0 Å². The molecular weight excluding hydrogens is 239 g/mol. The number of hydrogen-bond donors (Lipinski definition) is 0. The second kappa shape index (κ2) is 7.39. The number of aromatic nitrogens is 1. The summed E-state index contributed by atoms with van der Waals surface area (Å²) in [6.45, 7) is 2.17. The lowest BCUT2D eigenvalue weighted by molar-refractivity contribution is -0.141. The summed E-state index contributed by atoms with van der Waals surface area (Å²) < 4.78 is 36.8. The highest BCUT2D eigenvalue weighted by atomic mass is 19.4. The lowest BCUT2D eigenvalue weighted by atomic mass is 10.1. The van der Waals surface area contributed by atoms with E-state index >= 15 is 0 Å². The van der Waals surface area contributed by atoms with Crippen LogP contribution in [0.3, 0.4) is 0 Å². The molecule has 0 amide bonds. The molecule has 1 aromatic heterocycles. The van der Waals surface area contributed by atoms with E-state index in [9.17, 15) is 13.2 Å². The van der Waals surface area contributed by atoms with Crippen LogP contribution in [-0.4, -0.2) is 4.98 Å². The maximum atomic E-state index is 12.3. The number of alkyl halides is 3. The Labute approximate surface area is 106 Å². The van der Waals surface area contributed by atoms with Crippen LogP contribution in [0, 0.1) is 0 Å². The molecule has 0 unspecified atom stereocenters. The average molecular weight is 259 g/mol. The van der Waals surface area contributed by atoms with Crippen molar-refractivity contribution < 1.29 is 13.2 Å². The zero-order valence-corrected chi connectivity index (χ0v) is 10.8. The number of halogens is 3. The average Bonchev–Trinajstić information content (AvgIpc) is 2.33. The van der Waals surface area contributed by atoms with E-state index in [0.717, 1.165) is 30.9 Å². The molecule has 0 fully saturated rings. The van der Waals surface area contributed by atoms with Crippen LogP contribution >= 0.6 is 0 Å². The van der Waals surface area contributed by atoms with Gasteiger partial charge in [0.1, 0.15) is 5.69 Å². The highest BCUT2D eigenvalue weighted by Gasteiger charge is 2.31. The van der Waals surface area contributed by atoms with Crippen LogP contribution in [-0.2, 0) is 12.6 Å². The van der Waals surface area contributed by atoms with E-state index in [-0.39, 0.29) is 0 Å². The largest absolute Gasteiger partial charge is 0.433 e. The van der Waals surface area contributed by atoms with Crippen molar-refractivity contribution >= 4 is 0 Å². The second-order valence-electron chi connectivity index (χ2n) is 4.57. The minimum Gasteiger partial charge on any atom is -0.252 e. The smallest absolute Gasteiger partial charge is 0.252 e. The normalized spacial score (nSPS) is 11.8. The Balaban J connectivity index is 2.27. The van der Waals surface area contributed by atoms with E-state index in [1.807, 2.05) is 0 Å². The van der Waals surface area contributed by atoms with E-state index in [1.165, 1.54) is 37.9 Å². The van der Waals surface area contributed by atoms with Crippen molar-refractivity contribution in [1.82, 2.24) is 4.98 Å². The van der Waals surface area contributed by atoms with Gasteiger partial charge in [-0.25, -0.2) is 0 Å². The molecule has 1 rings (SSSR count). The van der Waals surface area contributed by atoms with Crippen molar-refractivity contribution in [1.29, 1.82) is 0 Å². The molecule has 0 aliphatic heterocycles. The van der Waals surface area contributed by atoms with Gasteiger partial charge >= 0.3 is 6.18 Å². The molecule has 102 valence electrons. The molecule has 1 nitrogen and oxygen atoms in total. The van der Waals surface area contributed by atoms with Gasteiger partial charge in [0.2, 0.25) is 0 Å². The van der Waals surface area contributed by atoms with Crippen molar-refractivity contribution in [2.45, 2.75) is 58.0 Å². The van der Waals surface area contributed by atoms with Gasteiger partial charge in [-0.1, -0.05) is 45.1 Å². The van der Waals surface area contributed by atoms with Crippen LogP contribution in [0.25, 0.3) is 0 Å². The van der Waals surface area contributed by atoms with Gasteiger partial charge < -0.3 is 0 Å². The van der Waals surface area contributed by atoms with Gasteiger partial charge in [0.05, 0.1) is 0 Å². The third-order valence-corrected chi connectivity index (χ3v) is 2.93. The predicted molar refractivity (Wildman–Crippen MR) is 66.3 cm³/mol. The van der Waals surface area contributed by atoms with Crippen LogP contribution in [0.1, 0.15) is 56.7 Å². The molecule has 1 heterocycles. The van der Waals surface area contributed by atoms with Gasteiger partial charge in [0.15, 0.2) is 0 Å². The summed E-state index contributed by atoms with van der Waals surface area (Å²) in [6, 6.07) is 2.59. The van der Waals surface area contributed by atoms with Crippen LogP contribution in [0.4, 0.5) is 13.2 Å². The number of pyridine rings is 1. The number of aryl methyl sites for hydroxylation is 1. The molecule has 18 heavy (non-hydrogen) atoms. The van der Waals surface area contributed by atoms with Gasteiger partial charge in [0, 0.05) is 6.20 Å². The second-order valence-corrected chi connectivity index (χ2v) is 4.57. The molecule has 0 radical (unpaired) electrons. The van der Waals surface area contributed by atoms with E-state index in [1.54, 1.807) is 0 Å². The summed E-state index contributed by atoms with van der Waals surface area (Å²) in [6.07, 6.45) is 4.94. The van der Waals surface area contributed by atoms with Crippen LogP contribution < -0.4 is 0 Å². The first-order valence-electron chi connectivity index (χ1n) is 6.56. The highest BCUT2D eigenvalue weighted by molar-refractivity contribution is 5.15. The van der Waals surface area contributed by atoms with Crippen molar-refractivity contribution in [3.63, 3.8) is 0 Å². The fraction of sp³-hybridized carbons (Fsp3) is 0.643. The monoisotopic (exact) mass is 259 g/mol.